The molecule has 2 aliphatic carbocycles. The van der Waals surface area contributed by atoms with Crippen molar-refractivity contribution in [3.63, 3.8) is 0 Å². The molecule has 0 aromatic heterocycles. The quantitative estimate of drug-likeness (QED) is 0.870. The fraction of sp³-hybridized carbons (Fsp3) is 0.857. The average Bonchev–Trinajstić information content (AvgIpc) is 3.00. The number of halogens is 2. The zero-order valence-electron chi connectivity index (χ0n) is 11.8. The molecule has 2 bridgehead atoms. The smallest absolute Gasteiger partial charge is 0.264 e. The lowest BCUT2D eigenvalue weighted by molar-refractivity contribution is -0.120. The fourth-order valence-electron chi connectivity index (χ4n) is 3.75. The summed E-state index contributed by atoms with van der Waals surface area (Å²) in [7, 11) is 0. The van der Waals surface area contributed by atoms with Crippen LogP contribution in [-0.2, 0) is 4.79 Å². The standard InChI is InChI=1S/C14H20F2N2OS/c1-3-13(4-2)11(19)18-12(20-13)17-10-6-9-5-8(10)7-14(9,15)16/h8-10H,3-7H2,1-2H3,(H,17,18,19)/t8-,9-,10+/m1/s1. The SMILES string of the molecule is CCC1(CC)SC(N[C@H]2C[C@H]3C[C@@H]2CC3(F)F)=NC1=O. The second-order valence-corrected chi connectivity index (χ2v) is 7.54. The molecule has 3 aliphatic rings. The molecule has 112 valence electrons. The number of hydrogen-bond acceptors (Lipinski definition) is 3. The molecule has 6 heteroatoms. The van der Waals surface area contributed by atoms with Gasteiger partial charge in [0.2, 0.25) is 0 Å². The number of carbonyl (C=O) groups excluding carboxylic acids is 1. The largest absolute Gasteiger partial charge is 0.361 e. The first kappa shape index (κ1) is 14.3. The molecule has 1 heterocycles. The number of fused-ring (bicyclic) bond motifs is 2. The topological polar surface area (TPSA) is 41.5 Å². The molecule has 1 N–H and O–H groups in total. The van der Waals surface area contributed by atoms with Crippen LogP contribution in [0.1, 0.15) is 46.0 Å². The Hall–Kier alpha value is -0.650. The highest BCUT2D eigenvalue weighted by Gasteiger charge is 2.57. The van der Waals surface area contributed by atoms with Crippen LogP contribution in [0.25, 0.3) is 0 Å². The number of thioether (sulfide) groups is 1. The van der Waals surface area contributed by atoms with Gasteiger partial charge in [0, 0.05) is 18.4 Å². The fourth-order valence-corrected chi connectivity index (χ4v) is 4.88. The van der Waals surface area contributed by atoms with E-state index in [-0.39, 0.29) is 24.3 Å². The van der Waals surface area contributed by atoms with Crippen LogP contribution in [0.5, 0.6) is 0 Å². The minimum Gasteiger partial charge on any atom is -0.361 e. The van der Waals surface area contributed by atoms with Gasteiger partial charge in [0.25, 0.3) is 11.8 Å². The normalized spacial score (nSPS) is 37.3. The molecular weight excluding hydrogens is 282 g/mol. The van der Waals surface area contributed by atoms with Gasteiger partial charge in [-0.05, 0) is 31.6 Å². The first-order valence-corrected chi connectivity index (χ1v) is 8.18. The summed E-state index contributed by atoms with van der Waals surface area (Å²) in [5, 5.41) is 3.90. The van der Waals surface area contributed by atoms with E-state index in [0.717, 1.165) is 12.8 Å². The van der Waals surface area contributed by atoms with E-state index in [4.69, 9.17) is 0 Å². The van der Waals surface area contributed by atoms with Crippen LogP contribution in [0.4, 0.5) is 8.78 Å². The van der Waals surface area contributed by atoms with E-state index in [1.165, 1.54) is 11.8 Å². The highest BCUT2D eigenvalue weighted by Crippen LogP contribution is 2.54. The number of nitrogens with one attached hydrogen (secondary N) is 1. The Labute approximate surface area is 122 Å². The van der Waals surface area contributed by atoms with Crippen LogP contribution in [-0.4, -0.2) is 27.8 Å². The van der Waals surface area contributed by atoms with Crippen molar-refractivity contribution in [2.75, 3.05) is 0 Å². The van der Waals surface area contributed by atoms with Crippen LogP contribution >= 0.6 is 11.8 Å². The molecule has 3 atom stereocenters. The highest BCUT2D eigenvalue weighted by molar-refractivity contribution is 8.16. The van der Waals surface area contributed by atoms with Crippen LogP contribution in [0, 0.1) is 11.8 Å². The van der Waals surface area contributed by atoms with Crippen molar-refractivity contribution in [1.82, 2.24) is 5.32 Å². The van der Waals surface area contributed by atoms with E-state index in [2.05, 4.69) is 10.3 Å². The Kier molecular flexibility index (Phi) is 3.35. The number of amides is 1. The number of aliphatic imine (C=N–C) groups is 1. The van der Waals surface area contributed by atoms with E-state index >= 15 is 0 Å². The van der Waals surface area contributed by atoms with E-state index < -0.39 is 16.6 Å². The predicted octanol–water partition coefficient (Wildman–Crippen LogP) is 3.20. The third kappa shape index (κ3) is 2.07. The molecule has 0 spiro atoms. The van der Waals surface area contributed by atoms with E-state index in [9.17, 15) is 13.6 Å². The summed E-state index contributed by atoms with van der Waals surface area (Å²) in [5.41, 5.74) is 0. The lowest BCUT2D eigenvalue weighted by Crippen LogP contribution is -2.41. The van der Waals surface area contributed by atoms with Crippen LogP contribution in [0.3, 0.4) is 0 Å². The van der Waals surface area contributed by atoms with Gasteiger partial charge in [-0.15, -0.1) is 0 Å². The number of amidine groups is 1. The number of hydrogen-bond donors (Lipinski definition) is 1. The van der Waals surface area contributed by atoms with Crippen molar-refractivity contribution < 1.29 is 13.6 Å². The summed E-state index contributed by atoms with van der Waals surface area (Å²) in [6.45, 7) is 3.98. The van der Waals surface area contributed by atoms with Gasteiger partial charge in [0.15, 0.2) is 5.17 Å². The Morgan fingerprint density at radius 1 is 1.35 bits per heavy atom. The van der Waals surface area contributed by atoms with Crippen molar-refractivity contribution in [2.45, 2.75) is 62.7 Å². The first-order valence-electron chi connectivity index (χ1n) is 7.36. The molecule has 0 saturated heterocycles. The molecule has 0 aromatic rings. The Morgan fingerprint density at radius 2 is 2.05 bits per heavy atom. The molecule has 2 fully saturated rings. The molecule has 0 radical (unpaired) electrons. The first-order chi connectivity index (χ1) is 9.40. The second-order valence-electron chi connectivity index (χ2n) is 6.17. The Bertz CT molecular complexity index is 462. The van der Waals surface area contributed by atoms with Crippen molar-refractivity contribution in [1.29, 1.82) is 0 Å². The van der Waals surface area contributed by atoms with Gasteiger partial charge in [0.05, 0.1) is 0 Å². The minimum absolute atomic E-state index is 0.0199. The van der Waals surface area contributed by atoms with E-state index in [1.807, 2.05) is 13.8 Å². The number of carbonyl (C=O) groups is 1. The van der Waals surface area contributed by atoms with Gasteiger partial charge in [-0.2, -0.15) is 4.99 Å². The van der Waals surface area contributed by atoms with Gasteiger partial charge in [-0.25, -0.2) is 8.78 Å². The zero-order chi connectivity index (χ0) is 14.5. The monoisotopic (exact) mass is 302 g/mol. The van der Waals surface area contributed by atoms with Crippen molar-refractivity contribution >= 4 is 22.8 Å². The van der Waals surface area contributed by atoms with Crippen LogP contribution in [0.15, 0.2) is 4.99 Å². The van der Waals surface area contributed by atoms with Gasteiger partial charge in [-0.1, -0.05) is 25.6 Å². The summed E-state index contributed by atoms with van der Waals surface area (Å²) < 4.78 is 26.6. The molecule has 2 saturated carbocycles. The maximum absolute atomic E-state index is 13.5. The third-order valence-electron chi connectivity index (χ3n) is 5.16. The maximum atomic E-state index is 13.5. The Morgan fingerprint density at radius 3 is 2.50 bits per heavy atom. The van der Waals surface area contributed by atoms with Crippen LogP contribution < -0.4 is 5.32 Å². The second kappa shape index (κ2) is 4.68. The van der Waals surface area contributed by atoms with Crippen molar-refractivity contribution in [2.24, 2.45) is 16.8 Å². The number of rotatable bonds is 3. The average molecular weight is 302 g/mol. The number of nitrogens with zero attached hydrogens (tertiary/aromatic N) is 1. The summed E-state index contributed by atoms with van der Waals surface area (Å²) in [6.07, 6.45) is 2.57. The number of alkyl halides is 2. The maximum Gasteiger partial charge on any atom is 0.264 e. The lowest BCUT2D eigenvalue weighted by atomic mass is 9.92. The van der Waals surface area contributed by atoms with Crippen molar-refractivity contribution in [3.05, 3.63) is 0 Å². The molecule has 20 heavy (non-hydrogen) atoms. The third-order valence-corrected chi connectivity index (χ3v) is 6.71. The van der Waals surface area contributed by atoms with Gasteiger partial charge < -0.3 is 5.32 Å². The molecule has 1 aliphatic heterocycles. The summed E-state index contributed by atoms with van der Waals surface area (Å²) in [6, 6.07) is 0.0585. The van der Waals surface area contributed by atoms with Gasteiger partial charge >= 0.3 is 0 Å². The molecule has 3 nitrogen and oxygen atoms in total. The molecular formula is C14H20F2N2OS. The molecule has 1 amide bonds. The predicted molar refractivity (Wildman–Crippen MR) is 76.0 cm³/mol. The van der Waals surface area contributed by atoms with E-state index in [1.54, 1.807) is 0 Å². The summed E-state index contributed by atoms with van der Waals surface area (Å²) in [4.78, 5) is 16.1. The highest BCUT2D eigenvalue weighted by atomic mass is 32.2. The minimum atomic E-state index is -2.49. The molecule has 0 unspecified atom stereocenters. The van der Waals surface area contributed by atoms with Gasteiger partial charge in [0.1, 0.15) is 4.75 Å². The van der Waals surface area contributed by atoms with Crippen molar-refractivity contribution in [3.8, 4) is 0 Å². The van der Waals surface area contributed by atoms with Crippen LogP contribution in [0.2, 0.25) is 0 Å². The summed E-state index contributed by atoms with van der Waals surface area (Å²) in [5.74, 6) is -3.04. The summed E-state index contributed by atoms with van der Waals surface area (Å²) >= 11 is 1.48. The molecule has 3 rings (SSSR count). The Balaban J connectivity index is 1.64. The van der Waals surface area contributed by atoms with E-state index in [0.29, 0.717) is 18.0 Å². The lowest BCUT2D eigenvalue weighted by Gasteiger charge is -2.29. The zero-order valence-corrected chi connectivity index (χ0v) is 12.6. The molecule has 0 aromatic carbocycles. The van der Waals surface area contributed by atoms with Gasteiger partial charge in [-0.3, -0.25) is 4.79 Å².